The third-order valence-corrected chi connectivity index (χ3v) is 4.54. The molecule has 4 nitrogen and oxygen atoms in total. The van der Waals surface area contributed by atoms with Crippen LogP contribution in [0.15, 0.2) is 27.2 Å². The number of aromatic amines is 1. The van der Waals surface area contributed by atoms with Gasteiger partial charge in [0.25, 0.3) is 0 Å². The number of allylic oxidation sites excluding steroid dienone is 1. The van der Waals surface area contributed by atoms with Crippen molar-refractivity contribution in [3.05, 3.63) is 49.4 Å². The Morgan fingerprint density at radius 3 is 2.87 bits per heavy atom. The van der Waals surface area contributed by atoms with Crippen molar-refractivity contribution in [3.63, 3.8) is 0 Å². The first-order valence-electron chi connectivity index (χ1n) is 7.07. The molecule has 2 aromatic rings. The summed E-state index contributed by atoms with van der Waals surface area (Å²) in [4.78, 5) is 19.6. The molecule has 0 unspecified atom stereocenters. The molecule has 1 aromatic carbocycles. The van der Waals surface area contributed by atoms with E-state index < -0.39 is 0 Å². The van der Waals surface area contributed by atoms with Crippen molar-refractivity contribution < 1.29 is 9.90 Å². The van der Waals surface area contributed by atoms with Crippen LogP contribution in [0, 0.1) is 0 Å². The molecule has 1 aromatic heterocycles. The van der Waals surface area contributed by atoms with Crippen LogP contribution in [0.5, 0.6) is 5.75 Å². The number of aromatic nitrogens is 2. The molecular formula is C16H15Br2ClN2O2. The largest absolute Gasteiger partial charge is 0.506 e. The van der Waals surface area contributed by atoms with Crippen LogP contribution in [0.3, 0.4) is 0 Å². The molecule has 0 amide bonds. The number of nitrogens with zero attached hydrogens (tertiary/aromatic N) is 1. The van der Waals surface area contributed by atoms with E-state index in [0.717, 1.165) is 25.1 Å². The van der Waals surface area contributed by atoms with Crippen LogP contribution < -0.4 is 0 Å². The van der Waals surface area contributed by atoms with Gasteiger partial charge in [0.05, 0.1) is 10.0 Å². The average molecular weight is 463 g/mol. The molecule has 0 saturated carbocycles. The number of hydrogen-bond acceptors (Lipinski definition) is 3. The van der Waals surface area contributed by atoms with Crippen molar-refractivity contribution in [1.82, 2.24) is 9.97 Å². The van der Waals surface area contributed by atoms with E-state index in [1.807, 2.05) is 0 Å². The molecule has 0 aliphatic heterocycles. The minimum absolute atomic E-state index is 0.0976. The highest BCUT2D eigenvalue weighted by Gasteiger charge is 2.13. The van der Waals surface area contributed by atoms with Crippen molar-refractivity contribution in [2.75, 3.05) is 0 Å². The molecule has 7 heteroatoms. The SMILES string of the molecule is CCCCc1nc(/C=C/C(=O)c2cc(Br)cc(Br)c2O)c(Cl)[nH]1. The van der Waals surface area contributed by atoms with E-state index >= 15 is 0 Å². The number of aromatic hydroxyl groups is 1. The third kappa shape index (κ3) is 4.68. The highest BCUT2D eigenvalue weighted by Crippen LogP contribution is 2.32. The summed E-state index contributed by atoms with van der Waals surface area (Å²) in [5.74, 6) is 0.371. The summed E-state index contributed by atoms with van der Waals surface area (Å²) in [6.07, 6.45) is 5.80. The molecule has 0 aliphatic carbocycles. The van der Waals surface area contributed by atoms with Crippen LogP contribution in [0.4, 0.5) is 0 Å². The standard InChI is InChI=1S/C16H15Br2ClN2O2/c1-2-3-4-14-20-12(16(19)21-14)5-6-13(22)10-7-9(17)8-11(18)15(10)23/h5-8,23H,2-4H2,1H3,(H,20,21)/b6-5+. The summed E-state index contributed by atoms with van der Waals surface area (Å²) >= 11 is 12.6. The summed E-state index contributed by atoms with van der Waals surface area (Å²) < 4.78 is 1.14. The minimum atomic E-state index is -0.335. The molecule has 122 valence electrons. The number of hydrogen-bond donors (Lipinski definition) is 2. The van der Waals surface area contributed by atoms with Crippen molar-refractivity contribution in [2.24, 2.45) is 0 Å². The first-order chi connectivity index (χ1) is 10.9. The van der Waals surface area contributed by atoms with E-state index in [4.69, 9.17) is 11.6 Å². The lowest BCUT2D eigenvalue weighted by molar-refractivity contribution is 0.104. The number of imidazole rings is 1. The van der Waals surface area contributed by atoms with Crippen LogP contribution in [0.25, 0.3) is 6.08 Å². The Morgan fingerprint density at radius 2 is 2.17 bits per heavy atom. The second-order valence-corrected chi connectivity index (χ2v) is 7.12. The maximum Gasteiger partial charge on any atom is 0.189 e. The van der Waals surface area contributed by atoms with Crippen LogP contribution >= 0.6 is 43.5 Å². The molecule has 23 heavy (non-hydrogen) atoms. The number of aryl methyl sites for hydroxylation is 1. The van der Waals surface area contributed by atoms with Crippen LogP contribution in [0.2, 0.25) is 5.15 Å². The fourth-order valence-corrected chi connectivity index (χ4v) is 3.42. The number of phenolic OH excluding ortho intramolecular Hbond substituents is 1. The van der Waals surface area contributed by atoms with Crippen molar-refractivity contribution in [3.8, 4) is 5.75 Å². The molecule has 0 spiro atoms. The average Bonchev–Trinajstić information content (AvgIpc) is 2.86. The van der Waals surface area contributed by atoms with Gasteiger partial charge < -0.3 is 10.1 Å². The number of ketones is 1. The lowest BCUT2D eigenvalue weighted by Gasteiger charge is -2.04. The van der Waals surface area contributed by atoms with Crippen molar-refractivity contribution in [2.45, 2.75) is 26.2 Å². The van der Waals surface area contributed by atoms with Gasteiger partial charge in [0.1, 0.15) is 22.4 Å². The van der Waals surface area contributed by atoms with E-state index in [1.165, 1.54) is 6.08 Å². The Morgan fingerprint density at radius 1 is 1.43 bits per heavy atom. The monoisotopic (exact) mass is 460 g/mol. The van der Waals surface area contributed by atoms with Gasteiger partial charge in [0, 0.05) is 10.9 Å². The van der Waals surface area contributed by atoms with E-state index in [-0.39, 0.29) is 17.1 Å². The number of rotatable bonds is 6. The van der Waals surface area contributed by atoms with E-state index in [2.05, 4.69) is 48.8 Å². The number of H-pyrrole nitrogens is 1. The normalized spacial score (nSPS) is 11.3. The van der Waals surface area contributed by atoms with Crippen LogP contribution in [-0.2, 0) is 6.42 Å². The molecule has 0 bridgehead atoms. The molecular weight excluding hydrogens is 447 g/mol. The lowest BCUT2D eigenvalue weighted by atomic mass is 10.1. The predicted molar refractivity (Wildman–Crippen MR) is 99.1 cm³/mol. The van der Waals surface area contributed by atoms with Gasteiger partial charge in [-0.05, 0) is 46.6 Å². The zero-order chi connectivity index (χ0) is 17.0. The molecule has 0 radical (unpaired) electrons. The summed E-state index contributed by atoms with van der Waals surface area (Å²) in [5, 5.41) is 10.4. The quantitative estimate of drug-likeness (QED) is 0.438. The van der Waals surface area contributed by atoms with Crippen molar-refractivity contribution in [1.29, 1.82) is 0 Å². The maximum atomic E-state index is 12.3. The zero-order valence-corrected chi connectivity index (χ0v) is 16.3. The maximum absolute atomic E-state index is 12.3. The number of nitrogens with one attached hydrogen (secondary N) is 1. The molecule has 2 N–H and O–H groups in total. The van der Waals surface area contributed by atoms with Gasteiger partial charge in [-0.15, -0.1) is 0 Å². The fraction of sp³-hybridized carbons (Fsp3) is 0.250. The Kier molecular flexibility index (Phi) is 6.44. The van der Waals surface area contributed by atoms with Crippen LogP contribution in [-0.4, -0.2) is 20.9 Å². The molecule has 0 aliphatic rings. The van der Waals surface area contributed by atoms with Gasteiger partial charge in [0.2, 0.25) is 0 Å². The predicted octanol–water partition coefficient (Wildman–Crippen LogP) is 5.53. The first-order valence-corrected chi connectivity index (χ1v) is 9.03. The third-order valence-electron chi connectivity index (χ3n) is 3.19. The highest BCUT2D eigenvalue weighted by atomic mass is 79.9. The molecule has 1 heterocycles. The smallest absolute Gasteiger partial charge is 0.189 e. The number of halogens is 3. The van der Waals surface area contributed by atoms with Gasteiger partial charge in [0.15, 0.2) is 5.78 Å². The number of carbonyl (C=O) groups is 1. The summed E-state index contributed by atoms with van der Waals surface area (Å²) in [6, 6.07) is 3.23. The van der Waals surface area contributed by atoms with E-state index in [9.17, 15) is 9.90 Å². The number of unbranched alkanes of at least 4 members (excludes halogenated alkanes) is 1. The van der Waals surface area contributed by atoms with Gasteiger partial charge in [-0.25, -0.2) is 4.98 Å². The van der Waals surface area contributed by atoms with E-state index in [1.54, 1.807) is 18.2 Å². The van der Waals surface area contributed by atoms with Crippen molar-refractivity contribution >= 4 is 55.3 Å². The Balaban J connectivity index is 2.20. The molecule has 0 fully saturated rings. The summed E-state index contributed by atoms with van der Waals surface area (Å²) in [7, 11) is 0. The molecule has 0 saturated heterocycles. The Labute approximate surface area is 156 Å². The number of phenols is 1. The minimum Gasteiger partial charge on any atom is -0.506 e. The summed E-state index contributed by atoms with van der Waals surface area (Å²) in [6.45, 7) is 2.10. The van der Waals surface area contributed by atoms with Gasteiger partial charge >= 0.3 is 0 Å². The topological polar surface area (TPSA) is 66.0 Å². The number of benzene rings is 1. The molecule has 2 rings (SSSR count). The molecule has 0 atom stereocenters. The summed E-state index contributed by atoms with van der Waals surface area (Å²) in [5.41, 5.74) is 0.708. The Bertz CT molecular complexity index is 757. The van der Waals surface area contributed by atoms with Gasteiger partial charge in [-0.2, -0.15) is 0 Å². The lowest BCUT2D eigenvalue weighted by Crippen LogP contribution is -1.96. The van der Waals surface area contributed by atoms with Gasteiger partial charge in [-0.3, -0.25) is 4.79 Å². The first kappa shape index (κ1) is 18.2. The number of carbonyl (C=O) groups excluding carboxylic acids is 1. The second kappa shape index (κ2) is 8.13. The highest BCUT2D eigenvalue weighted by molar-refractivity contribution is 9.11. The van der Waals surface area contributed by atoms with E-state index in [0.29, 0.717) is 19.8 Å². The second-order valence-electron chi connectivity index (χ2n) is 4.97. The van der Waals surface area contributed by atoms with Crippen LogP contribution in [0.1, 0.15) is 41.6 Å². The zero-order valence-electron chi connectivity index (χ0n) is 12.4. The van der Waals surface area contributed by atoms with Gasteiger partial charge in [-0.1, -0.05) is 40.9 Å². The fourth-order valence-electron chi connectivity index (χ4n) is 1.98. The Hall–Kier alpha value is -1.11.